The van der Waals surface area contributed by atoms with Crippen LogP contribution in [-0.2, 0) is 6.54 Å². The van der Waals surface area contributed by atoms with Gasteiger partial charge in [0.1, 0.15) is 6.54 Å². The van der Waals surface area contributed by atoms with Crippen LogP contribution >= 0.6 is 15.9 Å². The van der Waals surface area contributed by atoms with E-state index < -0.39 is 0 Å². The van der Waals surface area contributed by atoms with E-state index in [1.807, 2.05) is 36.4 Å². The van der Waals surface area contributed by atoms with Crippen molar-refractivity contribution in [3.05, 3.63) is 64.7 Å². The van der Waals surface area contributed by atoms with Gasteiger partial charge in [0.05, 0.1) is 7.11 Å². The summed E-state index contributed by atoms with van der Waals surface area (Å²) in [5.74, 6) is 1.30. The largest absolute Gasteiger partial charge is 0.493 e. The molecule has 4 aromatic rings. The summed E-state index contributed by atoms with van der Waals surface area (Å²) in [4.78, 5) is 18.6. The topological polar surface area (TPSA) is 81.6 Å². The van der Waals surface area contributed by atoms with E-state index in [0.717, 1.165) is 15.4 Å². The molecule has 4 rings (SSSR count). The summed E-state index contributed by atoms with van der Waals surface area (Å²) in [6, 6.07) is 14.8. The van der Waals surface area contributed by atoms with Crippen LogP contribution in [0.2, 0.25) is 0 Å². The molecule has 142 valence electrons. The molecule has 8 heteroatoms. The lowest BCUT2D eigenvalue weighted by Gasteiger charge is -2.12. The number of ether oxygens (including phenoxy) is 1. The zero-order chi connectivity index (χ0) is 19.7. The molecule has 1 amide bonds. The fourth-order valence-corrected chi connectivity index (χ4v) is 3.23. The van der Waals surface area contributed by atoms with Crippen molar-refractivity contribution in [2.45, 2.75) is 6.54 Å². The summed E-state index contributed by atoms with van der Waals surface area (Å²) in [6.45, 7) is 0.161. The number of rotatable bonds is 5. The first-order valence-electron chi connectivity index (χ1n) is 8.45. The van der Waals surface area contributed by atoms with Gasteiger partial charge in [0.15, 0.2) is 17.1 Å². The van der Waals surface area contributed by atoms with Crippen LogP contribution in [-0.4, -0.2) is 35.1 Å². The minimum Gasteiger partial charge on any atom is -0.493 e. The molecule has 0 atom stereocenters. The minimum atomic E-state index is -0.291. The summed E-state index contributed by atoms with van der Waals surface area (Å²) in [5.41, 5.74) is 1.36. The fraction of sp³-hybridized carbons (Fsp3) is 0.150. The first-order chi connectivity index (χ1) is 13.5. The van der Waals surface area contributed by atoms with E-state index in [1.54, 1.807) is 26.3 Å². The van der Waals surface area contributed by atoms with Crippen molar-refractivity contribution in [1.82, 2.24) is 15.0 Å². The highest BCUT2D eigenvalue weighted by Gasteiger charge is 2.20. The molecular weight excluding hydrogens is 426 g/mol. The van der Waals surface area contributed by atoms with E-state index in [2.05, 4.69) is 26.1 Å². The molecule has 0 aliphatic carbocycles. The quantitative estimate of drug-likeness (QED) is 0.452. The molecule has 0 fully saturated rings. The van der Waals surface area contributed by atoms with Crippen molar-refractivity contribution in [1.29, 1.82) is 0 Å². The highest BCUT2D eigenvalue weighted by atomic mass is 79.9. The van der Waals surface area contributed by atoms with Crippen molar-refractivity contribution in [3.8, 4) is 17.1 Å². The normalized spacial score (nSPS) is 11.0. The number of benzene rings is 2. The number of hydrogen-bond acceptors (Lipinski definition) is 6. The van der Waals surface area contributed by atoms with Gasteiger partial charge in [-0.3, -0.25) is 4.79 Å². The first kappa shape index (κ1) is 18.2. The van der Waals surface area contributed by atoms with Gasteiger partial charge in [-0.15, -0.1) is 0 Å². The number of carbonyl (C=O) groups is 1. The van der Waals surface area contributed by atoms with E-state index >= 15 is 0 Å². The lowest BCUT2D eigenvalue weighted by molar-refractivity contribution is 0.0740. The van der Waals surface area contributed by atoms with Gasteiger partial charge in [0, 0.05) is 22.5 Å². The lowest BCUT2D eigenvalue weighted by atomic mass is 10.2. The number of aromatic nitrogens is 2. The number of carbonyl (C=O) groups excluding carboxylic acids is 1. The van der Waals surface area contributed by atoms with Gasteiger partial charge in [-0.2, -0.15) is 4.98 Å². The van der Waals surface area contributed by atoms with E-state index in [9.17, 15) is 4.79 Å². The second kappa shape index (κ2) is 7.47. The predicted molar refractivity (Wildman–Crippen MR) is 106 cm³/mol. The number of nitrogens with zero attached hydrogens (tertiary/aromatic N) is 3. The summed E-state index contributed by atoms with van der Waals surface area (Å²) >= 11 is 3.42. The maximum absolute atomic E-state index is 12.7. The average Bonchev–Trinajstić information content (AvgIpc) is 3.34. The zero-order valence-corrected chi connectivity index (χ0v) is 16.8. The molecule has 0 unspecified atom stereocenters. The molecule has 0 bridgehead atoms. The summed E-state index contributed by atoms with van der Waals surface area (Å²) in [5, 5.41) is 4.78. The van der Waals surface area contributed by atoms with Gasteiger partial charge in [0.2, 0.25) is 11.7 Å². The Labute approximate surface area is 169 Å². The molecule has 7 nitrogen and oxygen atoms in total. The van der Waals surface area contributed by atoms with Crippen molar-refractivity contribution >= 4 is 32.8 Å². The SMILES string of the molecule is COc1cccc2cc(C(=O)N(C)Cc3nc(-c4cccc(Br)c4)no3)oc12. The molecular formula is C20H16BrN3O4. The maximum Gasteiger partial charge on any atom is 0.289 e. The molecule has 0 saturated carbocycles. The number of fused-ring (bicyclic) bond motifs is 1. The van der Waals surface area contributed by atoms with Crippen LogP contribution in [0.25, 0.3) is 22.4 Å². The summed E-state index contributed by atoms with van der Waals surface area (Å²) in [6.07, 6.45) is 0. The molecule has 0 radical (unpaired) electrons. The molecule has 0 saturated heterocycles. The third-order valence-electron chi connectivity index (χ3n) is 4.21. The Bertz CT molecular complexity index is 1150. The van der Waals surface area contributed by atoms with Crippen molar-refractivity contribution in [2.75, 3.05) is 14.2 Å². The predicted octanol–water partition coefficient (Wildman–Crippen LogP) is 4.53. The molecule has 2 aromatic carbocycles. The molecule has 0 N–H and O–H groups in total. The fourth-order valence-electron chi connectivity index (χ4n) is 2.83. The van der Waals surface area contributed by atoms with Crippen LogP contribution in [0.1, 0.15) is 16.4 Å². The number of hydrogen-bond donors (Lipinski definition) is 0. The lowest BCUT2D eigenvalue weighted by Crippen LogP contribution is -2.25. The van der Waals surface area contributed by atoms with Gasteiger partial charge in [-0.1, -0.05) is 45.4 Å². The standard InChI is InChI=1S/C20H16BrN3O4/c1-24(11-17-22-19(23-28-17)13-6-3-7-14(21)9-13)20(25)16-10-12-5-4-8-15(26-2)18(12)27-16/h3-10H,11H2,1-2H3. The van der Waals surface area contributed by atoms with Crippen LogP contribution in [0.4, 0.5) is 0 Å². The second-order valence-electron chi connectivity index (χ2n) is 6.17. The summed E-state index contributed by atoms with van der Waals surface area (Å²) in [7, 11) is 3.21. The Morgan fingerprint density at radius 2 is 2.04 bits per heavy atom. The molecule has 28 heavy (non-hydrogen) atoms. The van der Waals surface area contributed by atoms with Gasteiger partial charge >= 0.3 is 0 Å². The van der Waals surface area contributed by atoms with Gasteiger partial charge in [-0.05, 0) is 24.3 Å². The van der Waals surface area contributed by atoms with E-state index in [1.165, 1.54) is 4.90 Å². The van der Waals surface area contributed by atoms with E-state index in [-0.39, 0.29) is 18.2 Å². The number of furan rings is 1. The molecule has 2 aromatic heterocycles. The first-order valence-corrected chi connectivity index (χ1v) is 9.25. The van der Waals surface area contributed by atoms with Crippen molar-refractivity contribution in [3.63, 3.8) is 0 Å². The Morgan fingerprint density at radius 3 is 2.82 bits per heavy atom. The van der Waals surface area contributed by atoms with Gasteiger partial charge < -0.3 is 18.6 Å². The molecule has 0 aliphatic heterocycles. The van der Waals surface area contributed by atoms with Gasteiger partial charge in [0.25, 0.3) is 5.91 Å². The maximum atomic E-state index is 12.7. The van der Waals surface area contributed by atoms with Crippen LogP contribution < -0.4 is 4.74 Å². The van der Waals surface area contributed by atoms with E-state index in [4.69, 9.17) is 13.7 Å². The third kappa shape index (κ3) is 3.50. The molecule has 0 spiro atoms. The number of amides is 1. The highest BCUT2D eigenvalue weighted by molar-refractivity contribution is 9.10. The third-order valence-corrected chi connectivity index (χ3v) is 4.70. The Morgan fingerprint density at radius 1 is 1.21 bits per heavy atom. The highest BCUT2D eigenvalue weighted by Crippen LogP contribution is 2.29. The van der Waals surface area contributed by atoms with Crippen LogP contribution in [0.15, 0.2) is 61.9 Å². The Kier molecular flexibility index (Phi) is 4.87. The van der Waals surface area contributed by atoms with Crippen molar-refractivity contribution < 1.29 is 18.5 Å². The smallest absolute Gasteiger partial charge is 0.289 e. The zero-order valence-electron chi connectivity index (χ0n) is 15.2. The average molecular weight is 442 g/mol. The van der Waals surface area contributed by atoms with Crippen molar-refractivity contribution in [2.24, 2.45) is 0 Å². The molecule has 2 heterocycles. The monoisotopic (exact) mass is 441 g/mol. The Balaban J connectivity index is 1.52. The Hall–Kier alpha value is -3.13. The number of para-hydroxylation sites is 1. The van der Waals surface area contributed by atoms with Gasteiger partial charge in [-0.25, -0.2) is 0 Å². The van der Waals surface area contributed by atoms with Crippen LogP contribution in [0, 0.1) is 0 Å². The van der Waals surface area contributed by atoms with E-state index in [0.29, 0.717) is 23.0 Å². The van der Waals surface area contributed by atoms with Crippen LogP contribution in [0.5, 0.6) is 5.75 Å². The minimum absolute atomic E-state index is 0.161. The number of methoxy groups -OCH3 is 1. The summed E-state index contributed by atoms with van der Waals surface area (Å²) < 4.78 is 17.2. The van der Waals surface area contributed by atoms with Crippen LogP contribution in [0.3, 0.4) is 0 Å². The number of halogens is 1. The second-order valence-corrected chi connectivity index (χ2v) is 7.09. The molecule has 0 aliphatic rings.